The largest absolute Gasteiger partial charge is 0.482 e. The minimum absolute atomic E-state index is 0.475. The molecule has 2 rings (SSSR count). The van der Waals surface area contributed by atoms with Crippen molar-refractivity contribution in [3.05, 3.63) is 53.1 Å². The highest BCUT2D eigenvalue weighted by Crippen LogP contribution is 2.10. The molecule has 1 N–H and O–H groups in total. The third-order valence-electron chi connectivity index (χ3n) is 2.93. The lowest BCUT2D eigenvalue weighted by atomic mass is 10.1. The molecule has 2 aromatic rings. The van der Waals surface area contributed by atoms with E-state index in [-0.39, 0.29) is 0 Å². The van der Waals surface area contributed by atoms with Crippen LogP contribution in [-0.4, -0.2) is 21.6 Å². The molecule has 1 aromatic heterocycles. The fraction of sp³-hybridized carbons (Fsp3) is 0.333. The highest BCUT2D eigenvalue weighted by molar-refractivity contribution is 7.80. The van der Waals surface area contributed by atoms with Crippen LogP contribution in [0.25, 0.3) is 0 Å². The number of benzene rings is 1. The van der Waals surface area contributed by atoms with Crippen LogP contribution < -0.4 is 0 Å². The van der Waals surface area contributed by atoms with Gasteiger partial charge in [0.1, 0.15) is 11.5 Å². The van der Waals surface area contributed by atoms with Crippen LogP contribution in [0.5, 0.6) is 0 Å². The summed E-state index contributed by atoms with van der Waals surface area (Å²) >= 11 is 5.14. The first kappa shape index (κ1) is 13.7. The molecule has 0 spiro atoms. The van der Waals surface area contributed by atoms with Gasteiger partial charge in [0.05, 0.1) is 12.8 Å². The van der Waals surface area contributed by atoms with Crippen LogP contribution in [-0.2, 0) is 17.6 Å². The van der Waals surface area contributed by atoms with Gasteiger partial charge in [-0.15, -0.1) is 0 Å². The predicted molar refractivity (Wildman–Crippen MR) is 80.5 cm³/mol. The first-order chi connectivity index (χ1) is 9.22. The predicted octanol–water partition coefficient (Wildman–Crippen LogP) is 3.27. The fourth-order valence-electron chi connectivity index (χ4n) is 1.85. The van der Waals surface area contributed by atoms with Gasteiger partial charge in [0.25, 0.3) is 0 Å². The molecule has 0 atom stereocenters. The molecule has 0 bridgehead atoms. The Hall–Kier alpha value is -1.68. The minimum Gasteiger partial charge on any atom is -0.482 e. The van der Waals surface area contributed by atoms with Crippen LogP contribution in [0.3, 0.4) is 0 Å². The summed E-state index contributed by atoms with van der Waals surface area (Å²) in [4.78, 5) is 7.53. The molecule has 0 unspecified atom stereocenters. The van der Waals surface area contributed by atoms with Crippen molar-refractivity contribution in [3.8, 4) is 0 Å². The summed E-state index contributed by atoms with van der Waals surface area (Å²) in [5, 5.41) is 0.475. The Morgan fingerprint density at radius 3 is 2.53 bits per heavy atom. The van der Waals surface area contributed by atoms with E-state index in [0.717, 1.165) is 24.4 Å². The van der Waals surface area contributed by atoms with E-state index in [4.69, 9.17) is 17.0 Å². The summed E-state index contributed by atoms with van der Waals surface area (Å²) in [5.41, 5.74) is 3.36. The molecular formula is C15H18N2OS. The summed E-state index contributed by atoms with van der Waals surface area (Å²) in [6, 6.07) is 8.60. The molecule has 1 aromatic carbocycles. The number of aromatic nitrogens is 2. The lowest BCUT2D eigenvalue weighted by Gasteiger charge is -2.02. The van der Waals surface area contributed by atoms with Gasteiger partial charge in [0, 0.05) is 6.42 Å². The molecule has 3 nitrogen and oxygen atoms in total. The molecule has 4 heteroatoms. The Balaban J connectivity index is 2.04. The van der Waals surface area contributed by atoms with Crippen LogP contribution in [0.2, 0.25) is 0 Å². The Morgan fingerprint density at radius 2 is 1.89 bits per heavy atom. The molecule has 0 aliphatic heterocycles. The zero-order chi connectivity index (χ0) is 13.7. The van der Waals surface area contributed by atoms with E-state index in [0.29, 0.717) is 11.7 Å². The smallest absolute Gasteiger partial charge is 0.209 e. The quantitative estimate of drug-likeness (QED) is 0.850. The van der Waals surface area contributed by atoms with Gasteiger partial charge >= 0.3 is 0 Å². The third kappa shape index (κ3) is 3.64. The van der Waals surface area contributed by atoms with Gasteiger partial charge in [-0.25, -0.2) is 4.98 Å². The maximum absolute atomic E-state index is 5.28. The first-order valence-electron chi connectivity index (χ1n) is 6.51. The number of nitrogens with zero attached hydrogens (tertiary/aromatic N) is 1. The SMILES string of the molecule is CCOC(=S)c1cnc(Cc2ccc(CC)cc2)[nH]1. The molecule has 19 heavy (non-hydrogen) atoms. The standard InChI is InChI=1S/C15H18N2OS/c1-3-11-5-7-12(8-6-11)9-14-16-10-13(17-14)15(19)18-4-2/h5-8,10H,3-4,9H2,1-2H3,(H,16,17). The minimum atomic E-state index is 0.475. The number of thiocarbonyl (C=S) groups is 1. The Kier molecular flexibility index (Phi) is 4.68. The van der Waals surface area contributed by atoms with E-state index in [1.807, 2.05) is 6.92 Å². The zero-order valence-electron chi connectivity index (χ0n) is 11.3. The van der Waals surface area contributed by atoms with Gasteiger partial charge < -0.3 is 9.72 Å². The maximum Gasteiger partial charge on any atom is 0.209 e. The molecule has 100 valence electrons. The lowest BCUT2D eigenvalue weighted by molar-refractivity contribution is 0.336. The molecular weight excluding hydrogens is 256 g/mol. The van der Waals surface area contributed by atoms with E-state index in [1.54, 1.807) is 6.20 Å². The average Bonchev–Trinajstić information content (AvgIpc) is 2.88. The summed E-state index contributed by atoms with van der Waals surface area (Å²) in [7, 11) is 0. The molecule has 0 amide bonds. The highest BCUT2D eigenvalue weighted by Gasteiger charge is 2.07. The average molecular weight is 274 g/mol. The van der Waals surface area contributed by atoms with E-state index < -0.39 is 0 Å². The summed E-state index contributed by atoms with van der Waals surface area (Å²) in [5.74, 6) is 0.904. The lowest BCUT2D eigenvalue weighted by Crippen LogP contribution is -2.03. The van der Waals surface area contributed by atoms with Gasteiger partial charge in [0.2, 0.25) is 5.05 Å². The van der Waals surface area contributed by atoms with Crippen LogP contribution in [0.1, 0.15) is 36.5 Å². The molecule has 0 radical (unpaired) electrons. The second kappa shape index (κ2) is 6.48. The highest BCUT2D eigenvalue weighted by atomic mass is 32.1. The van der Waals surface area contributed by atoms with Crippen molar-refractivity contribution in [3.63, 3.8) is 0 Å². The van der Waals surface area contributed by atoms with Crippen molar-refractivity contribution in [2.24, 2.45) is 0 Å². The molecule has 0 aliphatic rings. The van der Waals surface area contributed by atoms with Crippen molar-refractivity contribution in [2.45, 2.75) is 26.7 Å². The molecule has 0 fully saturated rings. The molecule has 0 aliphatic carbocycles. The van der Waals surface area contributed by atoms with Gasteiger partial charge in [-0.3, -0.25) is 0 Å². The van der Waals surface area contributed by atoms with Crippen molar-refractivity contribution < 1.29 is 4.74 Å². The second-order valence-corrected chi connectivity index (χ2v) is 4.68. The van der Waals surface area contributed by atoms with Gasteiger partial charge in [0.15, 0.2) is 0 Å². The van der Waals surface area contributed by atoms with Crippen LogP contribution in [0, 0.1) is 0 Å². The van der Waals surface area contributed by atoms with Crippen molar-refractivity contribution in [1.82, 2.24) is 9.97 Å². The number of nitrogens with one attached hydrogen (secondary N) is 1. The van der Waals surface area contributed by atoms with E-state index in [1.165, 1.54) is 11.1 Å². The molecule has 1 heterocycles. The summed E-state index contributed by atoms with van der Waals surface area (Å²) < 4.78 is 5.28. The number of rotatable bonds is 5. The first-order valence-corrected chi connectivity index (χ1v) is 6.92. The topological polar surface area (TPSA) is 37.9 Å². The molecule has 0 saturated carbocycles. The number of aryl methyl sites for hydroxylation is 1. The van der Waals surface area contributed by atoms with E-state index >= 15 is 0 Å². The van der Waals surface area contributed by atoms with Gasteiger partial charge in [-0.05, 0) is 36.7 Å². The number of hydrogen-bond donors (Lipinski definition) is 1. The Morgan fingerprint density at radius 1 is 1.21 bits per heavy atom. The third-order valence-corrected chi connectivity index (χ3v) is 3.26. The van der Waals surface area contributed by atoms with Crippen LogP contribution >= 0.6 is 12.2 Å². The number of aromatic amines is 1. The van der Waals surface area contributed by atoms with E-state index in [9.17, 15) is 0 Å². The van der Waals surface area contributed by atoms with Crippen molar-refractivity contribution in [2.75, 3.05) is 6.61 Å². The van der Waals surface area contributed by atoms with Gasteiger partial charge in [-0.1, -0.05) is 31.2 Å². The van der Waals surface area contributed by atoms with E-state index in [2.05, 4.69) is 41.2 Å². The number of imidazole rings is 1. The zero-order valence-corrected chi connectivity index (χ0v) is 12.1. The van der Waals surface area contributed by atoms with Crippen LogP contribution in [0.15, 0.2) is 30.5 Å². The summed E-state index contributed by atoms with van der Waals surface area (Å²) in [6.45, 7) is 4.65. The number of hydrogen-bond acceptors (Lipinski definition) is 3. The number of H-pyrrole nitrogens is 1. The van der Waals surface area contributed by atoms with Crippen LogP contribution in [0.4, 0.5) is 0 Å². The monoisotopic (exact) mass is 274 g/mol. The number of ether oxygens (including phenoxy) is 1. The van der Waals surface area contributed by atoms with Crippen molar-refractivity contribution in [1.29, 1.82) is 0 Å². The fourth-order valence-corrected chi connectivity index (χ4v) is 2.07. The Labute approximate surface area is 119 Å². The molecule has 0 saturated heterocycles. The van der Waals surface area contributed by atoms with Crippen molar-refractivity contribution >= 4 is 17.3 Å². The normalized spacial score (nSPS) is 10.4. The Bertz CT molecular complexity index is 546. The second-order valence-electron chi connectivity index (χ2n) is 4.31. The van der Waals surface area contributed by atoms with Gasteiger partial charge in [-0.2, -0.15) is 0 Å². The maximum atomic E-state index is 5.28. The summed E-state index contributed by atoms with van der Waals surface area (Å²) in [6.07, 6.45) is 3.57.